The summed E-state index contributed by atoms with van der Waals surface area (Å²) in [4.78, 5) is 0. The zero-order valence-electron chi connectivity index (χ0n) is 11.3. The van der Waals surface area contributed by atoms with Gasteiger partial charge < -0.3 is 15.2 Å². The molecule has 2 aromatic carbocycles. The first kappa shape index (κ1) is 13.4. The Balaban J connectivity index is 2.15. The van der Waals surface area contributed by atoms with Gasteiger partial charge in [0.1, 0.15) is 0 Å². The Bertz CT molecular complexity index is 526. The van der Waals surface area contributed by atoms with E-state index in [9.17, 15) is 0 Å². The molecule has 0 spiro atoms. The molecule has 0 saturated heterocycles. The average molecular weight is 257 g/mol. The molecule has 0 radical (unpaired) electrons. The van der Waals surface area contributed by atoms with Crippen LogP contribution in [-0.4, -0.2) is 14.2 Å². The minimum absolute atomic E-state index is 0.0145. The predicted octanol–water partition coefficient (Wildman–Crippen LogP) is 2.95. The van der Waals surface area contributed by atoms with Crippen molar-refractivity contribution in [2.75, 3.05) is 14.2 Å². The van der Waals surface area contributed by atoms with Gasteiger partial charge in [-0.25, -0.2) is 0 Å². The lowest BCUT2D eigenvalue weighted by atomic mass is 9.99. The summed E-state index contributed by atoms with van der Waals surface area (Å²) in [6.45, 7) is 0. The zero-order valence-corrected chi connectivity index (χ0v) is 11.3. The van der Waals surface area contributed by atoms with E-state index < -0.39 is 0 Å². The largest absolute Gasteiger partial charge is 0.493 e. The van der Waals surface area contributed by atoms with Crippen molar-refractivity contribution in [3.63, 3.8) is 0 Å². The van der Waals surface area contributed by atoms with Crippen LogP contribution in [0.5, 0.6) is 11.5 Å². The van der Waals surface area contributed by atoms with E-state index in [1.807, 2.05) is 48.5 Å². The molecule has 0 unspecified atom stereocenters. The van der Waals surface area contributed by atoms with E-state index in [4.69, 9.17) is 15.2 Å². The summed E-state index contributed by atoms with van der Waals surface area (Å²) >= 11 is 0. The number of benzene rings is 2. The first-order valence-electron chi connectivity index (χ1n) is 6.26. The average Bonchev–Trinajstić information content (AvgIpc) is 2.48. The Hall–Kier alpha value is -2.00. The summed E-state index contributed by atoms with van der Waals surface area (Å²) in [5.41, 5.74) is 8.49. The van der Waals surface area contributed by atoms with E-state index >= 15 is 0 Å². The molecule has 19 heavy (non-hydrogen) atoms. The molecule has 2 rings (SSSR count). The van der Waals surface area contributed by atoms with Gasteiger partial charge in [0.2, 0.25) is 0 Å². The lowest BCUT2D eigenvalue weighted by Crippen LogP contribution is -2.13. The summed E-state index contributed by atoms with van der Waals surface area (Å²) in [5, 5.41) is 0. The third-order valence-corrected chi connectivity index (χ3v) is 3.13. The lowest BCUT2D eigenvalue weighted by molar-refractivity contribution is 0.354. The molecular weight excluding hydrogens is 238 g/mol. The molecule has 2 N–H and O–H groups in total. The van der Waals surface area contributed by atoms with Crippen LogP contribution in [0.4, 0.5) is 0 Å². The van der Waals surface area contributed by atoms with Crippen LogP contribution in [0.3, 0.4) is 0 Å². The maximum Gasteiger partial charge on any atom is 0.160 e. The highest BCUT2D eigenvalue weighted by Crippen LogP contribution is 2.29. The zero-order chi connectivity index (χ0) is 13.7. The van der Waals surface area contributed by atoms with Gasteiger partial charge in [-0.2, -0.15) is 0 Å². The Labute approximate surface area is 114 Å². The van der Waals surface area contributed by atoms with Crippen LogP contribution in [0.1, 0.15) is 17.2 Å². The number of nitrogens with two attached hydrogens (primary N) is 1. The lowest BCUT2D eigenvalue weighted by Gasteiger charge is -2.14. The van der Waals surface area contributed by atoms with Crippen molar-refractivity contribution in [1.29, 1.82) is 0 Å². The fourth-order valence-electron chi connectivity index (χ4n) is 2.08. The van der Waals surface area contributed by atoms with Crippen LogP contribution in [-0.2, 0) is 6.42 Å². The molecule has 0 aliphatic carbocycles. The normalized spacial score (nSPS) is 11.9. The van der Waals surface area contributed by atoms with Crippen molar-refractivity contribution in [1.82, 2.24) is 0 Å². The van der Waals surface area contributed by atoms with Crippen LogP contribution in [0, 0.1) is 0 Å². The van der Waals surface area contributed by atoms with Gasteiger partial charge in [0.15, 0.2) is 11.5 Å². The minimum atomic E-state index is -0.0145. The second kappa shape index (κ2) is 6.25. The van der Waals surface area contributed by atoms with Gasteiger partial charge >= 0.3 is 0 Å². The van der Waals surface area contributed by atoms with Gasteiger partial charge in [0.25, 0.3) is 0 Å². The quantitative estimate of drug-likeness (QED) is 0.895. The number of methoxy groups -OCH3 is 2. The van der Waals surface area contributed by atoms with E-state index in [-0.39, 0.29) is 6.04 Å². The first-order valence-corrected chi connectivity index (χ1v) is 6.26. The maximum absolute atomic E-state index is 6.22. The highest BCUT2D eigenvalue weighted by atomic mass is 16.5. The van der Waals surface area contributed by atoms with E-state index in [0.29, 0.717) is 0 Å². The van der Waals surface area contributed by atoms with Gasteiger partial charge in [-0.05, 0) is 29.7 Å². The van der Waals surface area contributed by atoms with Crippen LogP contribution in [0.25, 0.3) is 0 Å². The van der Waals surface area contributed by atoms with E-state index in [0.717, 1.165) is 29.0 Å². The predicted molar refractivity (Wildman–Crippen MR) is 76.6 cm³/mol. The van der Waals surface area contributed by atoms with Crippen LogP contribution < -0.4 is 15.2 Å². The maximum atomic E-state index is 6.22. The molecule has 0 aliphatic heterocycles. The minimum Gasteiger partial charge on any atom is -0.493 e. The molecule has 3 heteroatoms. The molecule has 3 nitrogen and oxygen atoms in total. The van der Waals surface area contributed by atoms with Crippen molar-refractivity contribution in [2.24, 2.45) is 5.73 Å². The Morgan fingerprint density at radius 1 is 0.947 bits per heavy atom. The van der Waals surface area contributed by atoms with Gasteiger partial charge in [-0.3, -0.25) is 0 Å². The van der Waals surface area contributed by atoms with E-state index in [1.165, 1.54) is 0 Å². The summed E-state index contributed by atoms with van der Waals surface area (Å²) in [7, 11) is 3.27. The van der Waals surface area contributed by atoms with Gasteiger partial charge in [0, 0.05) is 6.04 Å². The number of rotatable bonds is 5. The number of hydrogen-bond acceptors (Lipinski definition) is 3. The van der Waals surface area contributed by atoms with Crippen molar-refractivity contribution in [3.8, 4) is 11.5 Å². The SMILES string of the molecule is COc1ccc(C[C@H](N)c2ccccc2)cc1OC. The Kier molecular flexibility index (Phi) is 4.42. The van der Waals surface area contributed by atoms with Crippen molar-refractivity contribution < 1.29 is 9.47 Å². The molecule has 0 aromatic heterocycles. The van der Waals surface area contributed by atoms with E-state index in [2.05, 4.69) is 0 Å². The van der Waals surface area contributed by atoms with Gasteiger partial charge in [-0.1, -0.05) is 36.4 Å². The molecular formula is C16H19NO2. The standard InChI is InChI=1S/C16H19NO2/c1-18-15-9-8-12(11-16(15)19-2)10-14(17)13-6-4-3-5-7-13/h3-9,11,14H,10,17H2,1-2H3/t14-/m0/s1. The highest BCUT2D eigenvalue weighted by molar-refractivity contribution is 5.43. The van der Waals surface area contributed by atoms with E-state index in [1.54, 1.807) is 14.2 Å². The van der Waals surface area contributed by atoms with Crippen LogP contribution in [0.2, 0.25) is 0 Å². The smallest absolute Gasteiger partial charge is 0.160 e. The molecule has 0 bridgehead atoms. The fourth-order valence-corrected chi connectivity index (χ4v) is 2.08. The molecule has 0 amide bonds. The highest BCUT2D eigenvalue weighted by Gasteiger charge is 2.09. The Morgan fingerprint density at radius 3 is 2.26 bits per heavy atom. The summed E-state index contributed by atoms with van der Waals surface area (Å²) < 4.78 is 10.5. The third kappa shape index (κ3) is 3.26. The summed E-state index contributed by atoms with van der Waals surface area (Å²) in [6, 6.07) is 16.0. The van der Waals surface area contributed by atoms with Gasteiger partial charge in [-0.15, -0.1) is 0 Å². The second-order valence-corrected chi connectivity index (χ2v) is 4.41. The van der Waals surface area contributed by atoms with Crippen LogP contribution >= 0.6 is 0 Å². The topological polar surface area (TPSA) is 44.5 Å². The second-order valence-electron chi connectivity index (χ2n) is 4.41. The molecule has 2 aromatic rings. The fraction of sp³-hybridized carbons (Fsp3) is 0.250. The van der Waals surface area contributed by atoms with Gasteiger partial charge in [0.05, 0.1) is 14.2 Å². The first-order chi connectivity index (χ1) is 9.24. The summed E-state index contributed by atoms with van der Waals surface area (Å²) in [6.07, 6.45) is 0.768. The molecule has 100 valence electrons. The molecule has 0 saturated carbocycles. The van der Waals surface area contributed by atoms with Crippen molar-refractivity contribution in [2.45, 2.75) is 12.5 Å². The molecule has 0 aliphatic rings. The summed E-state index contributed by atoms with van der Waals surface area (Å²) in [5.74, 6) is 1.47. The number of ether oxygens (including phenoxy) is 2. The van der Waals surface area contributed by atoms with Crippen molar-refractivity contribution in [3.05, 3.63) is 59.7 Å². The van der Waals surface area contributed by atoms with Crippen LogP contribution in [0.15, 0.2) is 48.5 Å². The molecule has 0 heterocycles. The Morgan fingerprint density at radius 2 is 1.63 bits per heavy atom. The van der Waals surface area contributed by atoms with Crippen molar-refractivity contribution >= 4 is 0 Å². The monoisotopic (exact) mass is 257 g/mol. The third-order valence-electron chi connectivity index (χ3n) is 3.13. The molecule has 1 atom stereocenters. The molecule has 0 fully saturated rings. The number of hydrogen-bond donors (Lipinski definition) is 1.